The average molecular weight is 287 g/mol. The highest BCUT2D eigenvalue weighted by molar-refractivity contribution is 6.09. The number of ether oxygens (including phenoxy) is 1. The molecule has 1 heterocycles. The number of rotatable bonds is 2. The van der Waals surface area contributed by atoms with Gasteiger partial charge in [-0.05, 0) is 13.0 Å². The zero-order chi connectivity index (χ0) is 15.8. The number of carbonyl (C=O) groups is 2. The summed E-state index contributed by atoms with van der Waals surface area (Å²) < 4.78 is 6.83. The van der Waals surface area contributed by atoms with E-state index in [-0.39, 0.29) is 17.3 Å². The smallest absolute Gasteiger partial charge is 0.340 e. The first kappa shape index (κ1) is 15.3. The van der Waals surface area contributed by atoms with Gasteiger partial charge in [0.05, 0.1) is 17.7 Å². The Kier molecular flexibility index (Phi) is 3.90. The minimum Gasteiger partial charge on any atom is -0.462 e. The fourth-order valence-electron chi connectivity index (χ4n) is 2.69. The van der Waals surface area contributed by atoms with E-state index in [0.717, 1.165) is 10.9 Å². The molecule has 0 aliphatic heterocycles. The molecule has 1 aromatic heterocycles. The Labute approximate surface area is 124 Å². The molecule has 2 aromatic rings. The molecule has 21 heavy (non-hydrogen) atoms. The molecule has 0 atom stereocenters. The highest BCUT2D eigenvalue weighted by Crippen LogP contribution is 2.35. The molecule has 0 radical (unpaired) electrons. The van der Waals surface area contributed by atoms with Gasteiger partial charge in [0, 0.05) is 23.4 Å². The van der Waals surface area contributed by atoms with Gasteiger partial charge in [0.25, 0.3) is 0 Å². The van der Waals surface area contributed by atoms with E-state index >= 15 is 0 Å². The molecular weight excluding hydrogens is 266 g/mol. The number of benzene rings is 1. The molecule has 0 N–H and O–H groups in total. The molecule has 4 heteroatoms. The Bertz CT molecular complexity index is 705. The van der Waals surface area contributed by atoms with E-state index in [0.29, 0.717) is 17.9 Å². The van der Waals surface area contributed by atoms with Crippen LogP contribution in [0.3, 0.4) is 0 Å². The highest BCUT2D eigenvalue weighted by atomic mass is 16.5. The highest BCUT2D eigenvalue weighted by Gasteiger charge is 2.32. The van der Waals surface area contributed by atoms with Crippen LogP contribution in [0, 0.1) is 0 Å². The van der Waals surface area contributed by atoms with Crippen LogP contribution >= 0.6 is 0 Å². The number of aromatic nitrogens is 1. The van der Waals surface area contributed by atoms with Crippen molar-refractivity contribution in [3.63, 3.8) is 0 Å². The summed E-state index contributed by atoms with van der Waals surface area (Å²) >= 11 is 0. The normalized spacial score (nSPS) is 11.7. The van der Waals surface area contributed by atoms with E-state index < -0.39 is 0 Å². The second kappa shape index (κ2) is 5.35. The number of fused-ring (bicyclic) bond motifs is 1. The molecule has 0 saturated carbocycles. The molecule has 0 unspecified atom stereocenters. The zero-order valence-electron chi connectivity index (χ0n) is 13.2. The summed E-state index contributed by atoms with van der Waals surface area (Å²) in [5.41, 5.74) is 1.59. The van der Waals surface area contributed by atoms with Crippen LogP contribution in [-0.4, -0.2) is 23.1 Å². The van der Waals surface area contributed by atoms with Crippen LogP contribution < -0.4 is 0 Å². The lowest BCUT2D eigenvalue weighted by Gasteiger charge is -2.22. The number of carbonyl (C=O) groups excluding carboxylic acids is 2. The van der Waals surface area contributed by atoms with Crippen molar-refractivity contribution in [1.82, 2.24) is 4.57 Å². The number of para-hydroxylation sites is 1. The van der Waals surface area contributed by atoms with Crippen molar-refractivity contribution in [3.8, 4) is 0 Å². The SMILES string of the molecule is CCOC(=O)c1c(C(C)(C)C)n(C(C)=O)c2ccccc12. The second-order valence-electron chi connectivity index (χ2n) is 6.07. The van der Waals surface area contributed by atoms with Crippen molar-refractivity contribution in [1.29, 1.82) is 0 Å². The largest absolute Gasteiger partial charge is 0.462 e. The average Bonchev–Trinajstić information content (AvgIpc) is 2.74. The molecule has 0 amide bonds. The van der Waals surface area contributed by atoms with Crippen LogP contribution in [-0.2, 0) is 10.2 Å². The molecule has 0 bridgehead atoms. The van der Waals surface area contributed by atoms with E-state index in [1.54, 1.807) is 11.5 Å². The number of hydrogen-bond donors (Lipinski definition) is 0. The molecule has 2 rings (SSSR count). The van der Waals surface area contributed by atoms with Gasteiger partial charge in [-0.3, -0.25) is 9.36 Å². The van der Waals surface area contributed by atoms with Crippen LogP contribution in [0.2, 0.25) is 0 Å². The summed E-state index contributed by atoms with van der Waals surface area (Å²) in [6.07, 6.45) is 0. The molecule has 0 fully saturated rings. The summed E-state index contributed by atoms with van der Waals surface area (Å²) in [6, 6.07) is 7.44. The van der Waals surface area contributed by atoms with Crippen molar-refractivity contribution in [2.24, 2.45) is 0 Å². The zero-order valence-corrected chi connectivity index (χ0v) is 13.2. The third-order valence-corrected chi connectivity index (χ3v) is 3.38. The van der Waals surface area contributed by atoms with Crippen molar-refractivity contribution in [2.75, 3.05) is 6.61 Å². The maximum atomic E-state index is 12.4. The lowest BCUT2D eigenvalue weighted by molar-refractivity contribution is 0.0525. The van der Waals surface area contributed by atoms with Gasteiger partial charge in [-0.15, -0.1) is 0 Å². The lowest BCUT2D eigenvalue weighted by atomic mass is 9.88. The standard InChI is InChI=1S/C17H21NO3/c1-6-21-16(20)14-12-9-7-8-10-13(12)18(11(2)19)15(14)17(3,4)5/h7-10H,6H2,1-5H3. The monoisotopic (exact) mass is 287 g/mol. The van der Waals surface area contributed by atoms with Crippen LogP contribution in [0.4, 0.5) is 0 Å². The second-order valence-corrected chi connectivity index (χ2v) is 6.07. The van der Waals surface area contributed by atoms with E-state index in [4.69, 9.17) is 4.74 Å². The Balaban J connectivity index is 2.93. The Morgan fingerprint density at radius 3 is 2.33 bits per heavy atom. The van der Waals surface area contributed by atoms with Crippen molar-refractivity contribution in [3.05, 3.63) is 35.5 Å². The van der Waals surface area contributed by atoms with Gasteiger partial charge in [-0.2, -0.15) is 0 Å². The van der Waals surface area contributed by atoms with E-state index in [9.17, 15) is 9.59 Å². The van der Waals surface area contributed by atoms with Gasteiger partial charge < -0.3 is 4.74 Å². The van der Waals surface area contributed by atoms with Gasteiger partial charge in [0.15, 0.2) is 0 Å². The first-order chi connectivity index (χ1) is 9.79. The summed E-state index contributed by atoms with van der Waals surface area (Å²) in [6.45, 7) is 9.56. The van der Waals surface area contributed by atoms with Gasteiger partial charge >= 0.3 is 5.97 Å². The van der Waals surface area contributed by atoms with E-state index in [2.05, 4.69) is 0 Å². The third-order valence-electron chi connectivity index (χ3n) is 3.38. The molecule has 4 nitrogen and oxygen atoms in total. The van der Waals surface area contributed by atoms with Crippen LogP contribution in [0.1, 0.15) is 55.5 Å². The minimum absolute atomic E-state index is 0.105. The van der Waals surface area contributed by atoms with Crippen molar-refractivity contribution >= 4 is 22.8 Å². The van der Waals surface area contributed by atoms with Crippen LogP contribution in [0.25, 0.3) is 10.9 Å². The maximum Gasteiger partial charge on any atom is 0.340 e. The Hall–Kier alpha value is -2.10. The maximum absolute atomic E-state index is 12.4. The van der Waals surface area contributed by atoms with Crippen LogP contribution in [0.5, 0.6) is 0 Å². The van der Waals surface area contributed by atoms with Gasteiger partial charge in [-0.25, -0.2) is 4.79 Å². The minimum atomic E-state index is -0.376. The third kappa shape index (κ3) is 2.58. The molecule has 0 saturated heterocycles. The molecule has 0 spiro atoms. The first-order valence-corrected chi connectivity index (χ1v) is 7.11. The van der Waals surface area contributed by atoms with E-state index in [1.807, 2.05) is 45.0 Å². The molecule has 0 aliphatic carbocycles. The molecule has 1 aromatic carbocycles. The summed E-state index contributed by atoms with van der Waals surface area (Å²) in [5.74, 6) is -0.481. The fourth-order valence-corrected chi connectivity index (χ4v) is 2.69. The number of hydrogen-bond acceptors (Lipinski definition) is 3. The predicted molar refractivity (Wildman–Crippen MR) is 82.9 cm³/mol. The Morgan fingerprint density at radius 1 is 1.19 bits per heavy atom. The molecular formula is C17H21NO3. The van der Waals surface area contributed by atoms with Crippen molar-refractivity contribution in [2.45, 2.75) is 40.0 Å². The quantitative estimate of drug-likeness (QED) is 0.790. The van der Waals surface area contributed by atoms with E-state index in [1.165, 1.54) is 6.92 Å². The van der Waals surface area contributed by atoms with Crippen molar-refractivity contribution < 1.29 is 14.3 Å². The lowest BCUT2D eigenvalue weighted by Crippen LogP contribution is -2.24. The molecule has 0 aliphatic rings. The number of esters is 1. The molecule has 112 valence electrons. The van der Waals surface area contributed by atoms with Gasteiger partial charge in [-0.1, -0.05) is 39.0 Å². The van der Waals surface area contributed by atoms with Gasteiger partial charge in [0.1, 0.15) is 0 Å². The summed E-state index contributed by atoms with van der Waals surface area (Å²) in [7, 11) is 0. The number of nitrogens with zero attached hydrogens (tertiary/aromatic N) is 1. The Morgan fingerprint density at radius 2 is 1.81 bits per heavy atom. The fraction of sp³-hybridized carbons (Fsp3) is 0.412. The topological polar surface area (TPSA) is 48.3 Å². The van der Waals surface area contributed by atoms with Gasteiger partial charge in [0.2, 0.25) is 5.91 Å². The summed E-state index contributed by atoms with van der Waals surface area (Å²) in [4.78, 5) is 24.5. The van der Waals surface area contributed by atoms with Crippen LogP contribution in [0.15, 0.2) is 24.3 Å². The summed E-state index contributed by atoms with van der Waals surface area (Å²) in [5, 5.41) is 0.760. The first-order valence-electron chi connectivity index (χ1n) is 7.11. The predicted octanol–water partition coefficient (Wildman–Crippen LogP) is 3.78.